The molecule has 0 saturated carbocycles. The maximum atomic E-state index is 13.0. The van der Waals surface area contributed by atoms with Gasteiger partial charge < -0.3 is 5.32 Å². The van der Waals surface area contributed by atoms with Crippen LogP contribution in [0.25, 0.3) is 11.1 Å². The molecular weight excluding hydrogens is 420 g/mol. The molecule has 3 aromatic carbocycles. The van der Waals surface area contributed by atoms with E-state index >= 15 is 0 Å². The Balaban J connectivity index is 1.44. The van der Waals surface area contributed by atoms with E-state index in [0.29, 0.717) is 36.2 Å². The fraction of sp³-hybridized carbons (Fsp3) is 0.269. The van der Waals surface area contributed by atoms with Crippen molar-refractivity contribution in [2.45, 2.75) is 25.2 Å². The number of nitrogens with one attached hydrogen (secondary N) is 1. The number of rotatable bonds is 5. The predicted molar refractivity (Wildman–Crippen MR) is 128 cm³/mol. The summed E-state index contributed by atoms with van der Waals surface area (Å²) in [5, 5.41) is 2.84. The highest BCUT2D eigenvalue weighted by molar-refractivity contribution is 7.89. The first kappa shape index (κ1) is 22.2. The van der Waals surface area contributed by atoms with Crippen LogP contribution in [0.4, 0.5) is 5.69 Å². The third kappa shape index (κ3) is 4.92. The Morgan fingerprint density at radius 2 is 1.38 bits per heavy atom. The summed E-state index contributed by atoms with van der Waals surface area (Å²) in [4.78, 5) is 12.9. The third-order valence-electron chi connectivity index (χ3n) is 5.84. The molecule has 0 unspecified atom stereocenters. The quantitative estimate of drug-likeness (QED) is 0.578. The van der Waals surface area contributed by atoms with E-state index in [-0.39, 0.29) is 10.8 Å². The van der Waals surface area contributed by atoms with Crippen LogP contribution in [-0.4, -0.2) is 31.7 Å². The number of anilines is 1. The molecule has 1 saturated heterocycles. The summed E-state index contributed by atoms with van der Waals surface area (Å²) in [6, 6.07) is 23.8. The minimum atomic E-state index is -3.54. The van der Waals surface area contributed by atoms with Gasteiger partial charge in [-0.1, -0.05) is 56.3 Å². The lowest BCUT2D eigenvalue weighted by atomic mass is 9.94. The molecule has 0 bridgehead atoms. The topological polar surface area (TPSA) is 66.5 Å². The number of benzene rings is 3. The van der Waals surface area contributed by atoms with Crippen LogP contribution in [0.5, 0.6) is 0 Å². The molecule has 0 aromatic heterocycles. The Kier molecular flexibility index (Phi) is 6.44. The second-order valence-corrected chi connectivity index (χ2v) is 10.6. The number of piperidine rings is 1. The number of hydrogen-bond acceptors (Lipinski definition) is 3. The summed E-state index contributed by atoms with van der Waals surface area (Å²) >= 11 is 0. The minimum absolute atomic E-state index is 0.237. The summed E-state index contributed by atoms with van der Waals surface area (Å²) in [7, 11) is -3.54. The highest BCUT2D eigenvalue weighted by atomic mass is 32.2. The van der Waals surface area contributed by atoms with Crippen molar-refractivity contribution in [3.05, 3.63) is 84.4 Å². The highest BCUT2D eigenvalue weighted by Crippen LogP contribution is 2.27. The van der Waals surface area contributed by atoms with Gasteiger partial charge in [-0.05, 0) is 65.8 Å². The molecule has 2 atom stereocenters. The highest BCUT2D eigenvalue weighted by Gasteiger charge is 2.31. The normalized spacial score (nSPS) is 19.4. The zero-order chi connectivity index (χ0) is 22.7. The van der Waals surface area contributed by atoms with Gasteiger partial charge in [0.05, 0.1) is 4.90 Å². The minimum Gasteiger partial charge on any atom is -0.322 e. The molecule has 0 spiro atoms. The largest absolute Gasteiger partial charge is 0.322 e. The van der Waals surface area contributed by atoms with Gasteiger partial charge in [0.1, 0.15) is 0 Å². The Labute approximate surface area is 190 Å². The summed E-state index contributed by atoms with van der Waals surface area (Å²) in [5.41, 5.74) is 3.23. The van der Waals surface area contributed by atoms with Crippen molar-refractivity contribution in [3.63, 3.8) is 0 Å². The Bertz CT molecular complexity index is 1160. The number of carbonyl (C=O) groups is 1. The van der Waals surface area contributed by atoms with E-state index in [4.69, 9.17) is 0 Å². The van der Waals surface area contributed by atoms with E-state index in [0.717, 1.165) is 17.5 Å². The molecule has 0 aliphatic carbocycles. The standard InChI is InChI=1S/C26H28N2O3S/c1-19-16-20(2)18-28(17-19)32(30,31)25-14-12-24(13-15-25)27-26(29)23-10-8-22(9-11-23)21-6-4-3-5-7-21/h3-15,19-20H,16-18H2,1-2H3,(H,27,29)/t19-,20-/m1/s1. The Hall–Kier alpha value is -2.96. The van der Waals surface area contributed by atoms with Crippen LogP contribution < -0.4 is 5.32 Å². The second-order valence-electron chi connectivity index (χ2n) is 8.69. The molecule has 1 amide bonds. The first-order valence-electron chi connectivity index (χ1n) is 10.9. The maximum Gasteiger partial charge on any atom is 0.255 e. The first-order valence-corrected chi connectivity index (χ1v) is 12.3. The Morgan fingerprint density at radius 1 is 0.812 bits per heavy atom. The molecule has 32 heavy (non-hydrogen) atoms. The summed E-state index contributed by atoms with van der Waals surface area (Å²) < 4.78 is 27.6. The fourth-order valence-corrected chi connectivity index (χ4v) is 5.99. The third-order valence-corrected chi connectivity index (χ3v) is 7.69. The molecule has 1 aliphatic heterocycles. The molecule has 5 nitrogen and oxygen atoms in total. The zero-order valence-corrected chi connectivity index (χ0v) is 19.2. The number of nitrogens with zero attached hydrogens (tertiary/aromatic N) is 1. The van der Waals surface area contributed by atoms with E-state index in [1.165, 1.54) is 0 Å². The lowest BCUT2D eigenvalue weighted by Gasteiger charge is -2.34. The lowest BCUT2D eigenvalue weighted by Crippen LogP contribution is -2.42. The van der Waals surface area contributed by atoms with Crippen molar-refractivity contribution in [2.24, 2.45) is 11.8 Å². The molecule has 1 fully saturated rings. The van der Waals surface area contributed by atoms with E-state index in [9.17, 15) is 13.2 Å². The van der Waals surface area contributed by atoms with Crippen molar-refractivity contribution >= 4 is 21.6 Å². The van der Waals surface area contributed by atoms with Crippen LogP contribution in [0.15, 0.2) is 83.8 Å². The molecule has 4 rings (SSSR count). The first-order chi connectivity index (χ1) is 15.3. The van der Waals surface area contributed by atoms with Crippen LogP contribution in [0.2, 0.25) is 0 Å². The number of hydrogen-bond donors (Lipinski definition) is 1. The summed E-state index contributed by atoms with van der Waals surface area (Å²) in [6.45, 7) is 5.26. The fourth-order valence-electron chi connectivity index (χ4n) is 4.31. The van der Waals surface area contributed by atoms with E-state index in [2.05, 4.69) is 19.2 Å². The Morgan fingerprint density at radius 3 is 1.97 bits per heavy atom. The van der Waals surface area contributed by atoms with Gasteiger partial charge >= 0.3 is 0 Å². The second kappa shape index (κ2) is 9.27. The monoisotopic (exact) mass is 448 g/mol. The lowest BCUT2D eigenvalue weighted by molar-refractivity contribution is 0.102. The van der Waals surface area contributed by atoms with Crippen LogP contribution in [0.1, 0.15) is 30.6 Å². The predicted octanol–water partition coefficient (Wildman–Crippen LogP) is 5.27. The zero-order valence-electron chi connectivity index (χ0n) is 18.4. The SMILES string of the molecule is C[C@@H]1C[C@@H](C)CN(S(=O)(=O)c2ccc(NC(=O)c3ccc(-c4ccccc4)cc3)cc2)C1. The van der Waals surface area contributed by atoms with Gasteiger partial charge in [0.25, 0.3) is 5.91 Å². The van der Waals surface area contributed by atoms with E-state index in [1.807, 2.05) is 42.5 Å². The number of sulfonamides is 1. The molecule has 1 aliphatic rings. The van der Waals surface area contributed by atoms with Gasteiger partial charge in [0.2, 0.25) is 10.0 Å². The van der Waals surface area contributed by atoms with Gasteiger partial charge in [0, 0.05) is 24.3 Å². The van der Waals surface area contributed by atoms with Gasteiger partial charge in [-0.3, -0.25) is 4.79 Å². The van der Waals surface area contributed by atoms with Crippen LogP contribution in [0.3, 0.4) is 0 Å². The van der Waals surface area contributed by atoms with E-state index in [1.54, 1.807) is 40.7 Å². The van der Waals surface area contributed by atoms with Gasteiger partial charge in [-0.2, -0.15) is 4.31 Å². The van der Waals surface area contributed by atoms with Crippen molar-refractivity contribution in [1.82, 2.24) is 4.31 Å². The van der Waals surface area contributed by atoms with Crippen molar-refractivity contribution in [2.75, 3.05) is 18.4 Å². The van der Waals surface area contributed by atoms with Gasteiger partial charge in [-0.25, -0.2) is 8.42 Å². The number of amides is 1. The average Bonchev–Trinajstić information content (AvgIpc) is 2.79. The van der Waals surface area contributed by atoms with E-state index < -0.39 is 10.0 Å². The average molecular weight is 449 g/mol. The molecule has 1 N–H and O–H groups in total. The molecule has 0 radical (unpaired) electrons. The van der Waals surface area contributed by atoms with Gasteiger partial charge in [-0.15, -0.1) is 0 Å². The number of carbonyl (C=O) groups excluding carboxylic acids is 1. The molecule has 166 valence electrons. The van der Waals surface area contributed by atoms with Crippen molar-refractivity contribution in [1.29, 1.82) is 0 Å². The van der Waals surface area contributed by atoms with Crippen molar-refractivity contribution < 1.29 is 13.2 Å². The molecule has 3 aromatic rings. The summed E-state index contributed by atoms with van der Waals surface area (Å²) in [6.07, 6.45) is 1.04. The van der Waals surface area contributed by atoms with Crippen LogP contribution in [-0.2, 0) is 10.0 Å². The van der Waals surface area contributed by atoms with Crippen molar-refractivity contribution in [3.8, 4) is 11.1 Å². The van der Waals surface area contributed by atoms with Crippen LogP contribution >= 0.6 is 0 Å². The molecule has 1 heterocycles. The molecular formula is C26H28N2O3S. The smallest absolute Gasteiger partial charge is 0.255 e. The van der Waals surface area contributed by atoms with Crippen LogP contribution in [0, 0.1) is 11.8 Å². The maximum absolute atomic E-state index is 13.0. The van der Waals surface area contributed by atoms with Gasteiger partial charge in [0.15, 0.2) is 0 Å². The summed E-state index contributed by atoms with van der Waals surface area (Å²) in [5.74, 6) is 0.458. The molecule has 6 heteroatoms.